The SMILES string of the molecule is Cc1ccc(Cl)c(C(=O)O)c1NC(=O)CC#N. The summed E-state index contributed by atoms with van der Waals surface area (Å²) < 4.78 is 0. The van der Waals surface area contributed by atoms with Gasteiger partial charge in [0.2, 0.25) is 5.91 Å². The third kappa shape index (κ3) is 2.95. The van der Waals surface area contributed by atoms with Gasteiger partial charge in [-0.3, -0.25) is 4.79 Å². The Hall–Kier alpha value is -2.06. The molecule has 0 aliphatic carbocycles. The van der Waals surface area contributed by atoms with Gasteiger partial charge in [0.15, 0.2) is 0 Å². The van der Waals surface area contributed by atoms with Crippen LogP contribution in [0.2, 0.25) is 5.02 Å². The van der Waals surface area contributed by atoms with E-state index in [2.05, 4.69) is 5.32 Å². The molecule has 0 aliphatic rings. The van der Waals surface area contributed by atoms with Crippen molar-refractivity contribution >= 4 is 29.2 Å². The zero-order chi connectivity index (χ0) is 13.0. The van der Waals surface area contributed by atoms with Crippen molar-refractivity contribution in [2.45, 2.75) is 13.3 Å². The van der Waals surface area contributed by atoms with Crippen molar-refractivity contribution in [1.82, 2.24) is 0 Å². The van der Waals surface area contributed by atoms with Gasteiger partial charge in [0.05, 0.1) is 16.8 Å². The Morgan fingerprint density at radius 1 is 1.53 bits per heavy atom. The van der Waals surface area contributed by atoms with Gasteiger partial charge in [-0.15, -0.1) is 0 Å². The Labute approximate surface area is 103 Å². The summed E-state index contributed by atoms with van der Waals surface area (Å²) in [7, 11) is 0. The van der Waals surface area contributed by atoms with Crippen LogP contribution in [0.1, 0.15) is 22.3 Å². The molecule has 17 heavy (non-hydrogen) atoms. The Morgan fingerprint density at radius 2 is 2.18 bits per heavy atom. The molecule has 6 heteroatoms. The van der Waals surface area contributed by atoms with Gasteiger partial charge in [0.25, 0.3) is 0 Å². The average Bonchev–Trinajstić information content (AvgIpc) is 2.23. The molecule has 0 unspecified atom stereocenters. The summed E-state index contributed by atoms with van der Waals surface area (Å²) >= 11 is 5.76. The van der Waals surface area contributed by atoms with E-state index < -0.39 is 11.9 Å². The summed E-state index contributed by atoms with van der Waals surface area (Å²) in [6.07, 6.45) is -0.342. The van der Waals surface area contributed by atoms with Crippen molar-refractivity contribution in [3.8, 4) is 6.07 Å². The second-order valence-corrected chi connectivity index (χ2v) is 3.71. The molecule has 1 amide bonds. The third-order valence-electron chi connectivity index (χ3n) is 2.08. The highest BCUT2D eigenvalue weighted by Gasteiger charge is 2.18. The molecule has 1 aromatic carbocycles. The fourth-order valence-electron chi connectivity index (χ4n) is 1.31. The van der Waals surface area contributed by atoms with Gasteiger partial charge in [0.1, 0.15) is 12.0 Å². The van der Waals surface area contributed by atoms with Crippen molar-refractivity contribution < 1.29 is 14.7 Å². The van der Waals surface area contributed by atoms with Gasteiger partial charge in [-0.1, -0.05) is 17.7 Å². The number of aryl methyl sites for hydroxylation is 1. The minimum atomic E-state index is -1.23. The smallest absolute Gasteiger partial charge is 0.339 e. The van der Waals surface area contributed by atoms with Crippen LogP contribution in [-0.2, 0) is 4.79 Å². The van der Waals surface area contributed by atoms with Crippen LogP contribution in [-0.4, -0.2) is 17.0 Å². The van der Waals surface area contributed by atoms with Crippen LogP contribution in [0.4, 0.5) is 5.69 Å². The van der Waals surface area contributed by atoms with Crippen molar-refractivity contribution in [1.29, 1.82) is 5.26 Å². The Bertz CT molecular complexity index is 520. The maximum absolute atomic E-state index is 11.3. The predicted octanol–water partition coefficient (Wildman–Crippen LogP) is 2.20. The van der Waals surface area contributed by atoms with Gasteiger partial charge in [-0.2, -0.15) is 5.26 Å². The normalized spacial score (nSPS) is 9.47. The number of aromatic carboxylic acids is 1. The van der Waals surface area contributed by atoms with E-state index in [-0.39, 0.29) is 22.7 Å². The Balaban J connectivity index is 3.22. The topological polar surface area (TPSA) is 90.2 Å². The molecule has 0 bridgehead atoms. The zero-order valence-corrected chi connectivity index (χ0v) is 9.71. The van der Waals surface area contributed by atoms with Crippen LogP contribution in [0.5, 0.6) is 0 Å². The molecule has 0 radical (unpaired) electrons. The number of anilines is 1. The summed E-state index contributed by atoms with van der Waals surface area (Å²) in [6, 6.07) is 4.72. The molecular weight excluding hydrogens is 244 g/mol. The number of carboxylic acid groups (broad SMARTS) is 1. The number of hydrogen-bond donors (Lipinski definition) is 2. The van der Waals surface area contributed by atoms with Crippen LogP contribution in [0.3, 0.4) is 0 Å². The number of halogens is 1. The quantitative estimate of drug-likeness (QED) is 0.863. The van der Waals surface area contributed by atoms with Crippen LogP contribution in [0.15, 0.2) is 12.1 Å². The minimum Gasteiger partial charge on any atom is -0.478 e. The van der Waals surface area contributed by atoms with E-state index in [1.54, 1.807) is 19.1 Å². The summed E-state index contributed by atoms with van der Waals surface area (Å²) in [6.45, 7) is 1.64. The molecule has 2 N–H and O–H groups in total. The molecule has 1 aromatic rings. The molecule has 1 rings (SSSR count). The second-order valence-electron chi connectivity index (χ2n) is 3.30. The highest BCUT2D eigenvalue weighted by Crippen LogP contribution is 2.28. The van der Waals surface area contributed by atoms with Crippen molar-refractivity contribution in [3.63, 3.8) is 0 Å². The maximum Gasteiger partial charge on any atom is 0.339 e. The minimum absolute atomic E-state index is 0.0374. The molecule has 0 spiro atoms. The summed E-state index contributed by atoms with van der Waals surface area (Å²) in [5.74, 6) is -1.80. The van der Waals surface area contributed by atoms with Crippen molar-refractivity contribution in [2.24, 2.45) is 0 Å². The van der Waals surface area contributed by atoms with E-state index in [1.807, 2.05) is 0 Å². The van der Waals surface area contributed by atoms with Crippen LogP contribution in [0.25, 0.3) is 0 Å². The lowest BCUT2D eigenvalue weighted by Crippen LogP contribution is -2.15. The monoisotopic (exact) mass is 252 g/mol. The largest absolute Gasteiger partial charge is 0.478 e. The number of amides is 1. The highest BCUT2D eigenvalue weighted by atomic mass is 35.5. The average molecular weight is 253 g/mol. The van der Waals surface area contributed by atoms with Crippen LogP contribution in [0, 0.1) is 18.3 Å². The Morgan fingerprint density at radius 3 is 2.71 bits per heavy atom. The van der Waals surface area contributed by atoms with E-state index in [1.165, 1.54) is 6.07 Å². The molecule has 0 fully saturated rings. The van der Waals surface area contributed by atoms with E-state index in [0.29, 0.717) is 5.56 Å². The number of nitrogens with zero attached hydrogens (tertiary/aromatic N) is 1. The maximum atomic E-state index is 11.3. The molecule has 0 aliphatic heterocycles. The van der Waals surface area contributed by atoms with Gasteiger partial charge >= 0.3 is 5.97 Å². The first-order valence-electron chi connectivity index (χ1n) is 4.66. The standard InChI is InChI=1S/C11H9ClN2O3/c1-6-2-3-7(12)9(11(16)17)10(6)14-8(15)4-5-13/h2-3H,4H2,1H3,(H,14,15)(H,16,17). The molecule has 0 aromatic heterocycles. The van der Waals surface area contributed by atoms with E-state index in [0.717, 1.165) is 0 Å². The van der Waals surface area contributed by atoms with Gasteiger partial charge < -0.3 is 10.4 Å². The van der Waals surface area contributed by atoms with E-state index >= 15 is 0 Å². The molecule has 0 atom stereocenters. The summed E-state index contributed by atoms with van der Waals surface area (Å²) in [4.78, 5) is 22.3. The number of carbonyl (C=O) groups is 2. The molecule has 0 heterocycles. The Kier molecular flexibility index (Phi) is 4.07. The molecule has 0 saturated heterocycles. The van der Waals surface area contributed by atoms with Crippen molar-refractivity contribution in [3.05, 3.63) is 28.3 Å². The van der Waals surface area contributed by atoms with Gasteiger partial charge in [0, 0.05) is 0 Å². The lowest BCUT2D eigenvalue weighted by molar-refractivity contribution is -0.115. The fourth-order valence-corrected chi connectivity index (χ4v) is 1.55. The van der Waals surface area contributed by atoms with Gasteiger partial charge in [-0.05, 0) is 18.6 Å². The first-order chi connectivity index (χ1) is 7.97. The van der Waals surface area contributed by atoms with Crippen LogP contribution < -0.4 is 5.32 Å². The number of nitrogens with one attached hydrogen (secondary N) is 1. The van der Waals surface area contributed by atoms with Crippen molar-refractivity contribution in [2.75, 3.05) is 5.32 Å². The second kappa shape index (κ2) is 5.32. The third-order valence-corrected chi connectivity index (χ3v) is 2.40. The first-order valence-corrected chi connectivity index (χ1v) is 5.04. The lowest BCUT2D eigenvalue weighted by atomic mass is 10.1. The number of hydrogen-bond acceptors (Lipinski definition) is 3. The van der Waals surface area contributed by atoms with E-state index in [9.17, 15) is 9.59 Å². The number of carboxylic acids is 1. The molecule has 0 saturated carbocycles. The first kappa shape index (κ1) is 13.0. The lowest BCUT2D eigenvalue weighted by Gasteiger charge is -2.11. The number of nitriles is 1. The fraction of sp³-hybridized carbons (Fsp3) is 0.182. The molecular formula is C11H9ClN2O3. The highest BCUT2D eigenvalue weighted by molar-refractivity contribution is 6.34. The number of rotatable bonds is 3. The van der Waals surface area contributed by atoms with E-state index in [4.69, 9.17) is 22.0 Å². The predicted molar refractivity (Wildman–Crippen MR) is 62.0 cm³/mol. The number of benzene rings is 1. The van der Waals surface area contributed by atoms with Gasteiger partial charge in [-0.25, -0.2) is 4.79 Å². The number of carbonyl (C=O) groups excluding carboxylic acids is 1. The summed E-state index contributed by atoms with van der Waals surface area (Å²) in [5.41, 5.74) is 0.529. The summed E-state index contributed by atoms with van der Waals surface area (Å²) in [5, 5.41) is 19.8. The molecule has 5 nitrogen and oxygen atoms in total. The van der Waals surface area contributed by atoms with Crippen LogP contribution >= 0.6 is 11.6 Å². The molecule has 88 valence electrons. The zero-order valence-electron chi connectivity index (χ0n) is 8.95.